The third-order valence-corrected chi connectivity index (χ3v) is 6.77. The molecule has 0 bridgehead atoms. The quantitative estimate of drug-likeness (QED) is 0.414. The monoisotopic (exact) mass is 495 g/mol. The molecule has 0 unspecified atom stereocenters. The Morgan fingerprint density at radius 2 is 1.97 bits per heavy atom. The second-order valence-corrected chi connectivity index (χ2v) is 9.17. The van der Waals surface area contributed by atoms with Gasteiger partial charge in [-0.3, -0.25) is 4.79 Å². The second kappa shape index (κ2) is 8.81. The first-order valence-corrected chi connectivity index (χ1v) is 11.6. The molecule has 1 aliphatic rings. The molecule has 0 radical (unpaired) electrons. The summed E-state index contributed by atoms with van der Waals surface area (Å²) in [4.78, 5) is 19.9. The van der Waals surface area contributed by atoms with Crippen LogP contribution in [0, 0.1) is 6.92 Å². The minimum absolute atomic E-state index is 0.150. The first-order chi connectivity index (χ1) is 16.4. The minimum Gasteiger partial charge on any atom is -0.493 e. The van der Waals surface area contributed by atoms with Gasteiger partial charge in [-0.15, -0.1) is 0 Å². The number of carbonyl (C=O) groups is 1. The minimum atomic E-state index is -0.227. The maximum absolute atomic E-state index is 13.5. The van der Waals surface area contributed by atoms with E-state index in [0.29, 0.717) is 40.1 Å². The van der Waals surface area contributed by atoms with Crippen molar-refractivity contribution >= 4 is 40.6 Å². The Hall–Kier alpha value is -3.29. The van der Waals surface area contributed by atoms with Crippen LogP contribution in [-0.2, 0) is 0 Å². The second-order valence-electron chi connectivity index (χ2n) is 8.39. The van der Waals surface area contributed by atoms with Gasteiger partial charge in [-0.2, -0.15) is 9.61 Å². The van der Waals surface area contributed by atoms with Gasteiger partial charge in [-0.05, 0) is 19.1 Å². The Bertz CT molecular complexity index is 1420. The van der Waals surface area contributed by atoms with Crippen molar-refractivity contribution < 1.29 is 9.53 Å². The maximum atomic E-state index is 13.5. The topological polar surface area (TPSA) is 71.8 Å². The van der Waals surface area contributed by atoms with E-state index in [2.05, 4.69) is 10.3 Å². The standard InChI is InChI=1S/C25H23Cl2N5O2/c1-14-21(16-8-6-9-18(26)22(16)27)23-28-13-17(25(31(2)3)32(23)30-14)24(33)29-19-11-12-34-20-10-5-4-7-15(19)20/h4-10,13,19H,11-12H2,1-3H3,(H,29,33)/t19-/m0/s1. The van der Waals surface area contributed by atoms with Gasteiger partial charge < -0.3 is 15.0 Å². The molecule has 5 rings (SSSR count). The van der Waals surface area contributed by atoms with Crippen LogP contribution in [-0.4, -0.2) is 41.2 Å². The summed E-state index contributed by atoms with van der Waals surface area (Å²) in [5.41, 5.74) is 4.24. The predicted molar refractivity (Wildman–Crippen MR) is 134 cm³/mol. The number of hydrogen-bond acceptors (Lipinski definition) is 5. The van der Waals surface area contributed by atoms with E-state index in [0.717, 1.165) is 28.1 Å². The number of amides is 1. The molecule has 174 valence electrons. The maximum Gasteiger partial charge on any atom is 0.257 e. The van der Waals surface area contributed by atoms with Crippen LogP contribution in [0.2, 0.25) is 10.0 Å². The number of benzene rings is 2. The fourth-order valence-corrected chi connectivity index (χ4v) is 4.81. The van der Waals surface area contributed by atoms with E-state index in [1.165, 1.54) is 0 Å². The molecule has 1 aliphatic heterocycles. The van der Waals surface area contributed by atoms with Crippen LogP contribution < -0.4 is 15.0 Å². The molecule has 3 heterocycles. The summed E-state index contributed by atoms with van der Waals surface area (Å²) in [7, 11) is 3.75. The number of hydrogen-bond donors (Lipinski definition) is 1. The highest BCUT2D eigenvalue weighted by Crippen LogP contribution is 2.38. The smallest absolute Gasteiger partial charge is 0.257 e. The highest BCUT2D eigenvalue weighted by molar-refractivity contribution is 6.43. The molecule has 0 aliphatic carbocycles. The van der Waals surface area contributed by atoms with Gasteiger partial charge in [0.15, 0.2) is 5.65 Å². The van der Waals surface area contributed by atoms with Crippen molar-refractivity contribution in [1.82, 2.24) is 19.9 Å². The van der Waals surface area contributed by atoms with E-state index in [1.807, 2.05) is 62.3 Å². The molecule has 2 aromatic heterocycles. The van der Waals surface area contributed by atoms with E-state index in [-0.39, 0.29) is 11.9 Å². The number of nitrogens with one attached hydrogen (secondary N) is 1. The SMILES string of the molecule is Cc1nn2c(N(C)C)c(C(=O)N[C@H]3CCOc4ccccc43)cnc2c1-c1cccc(Cl)c1Cl. The number of halogens is 2. The van der Waals surface area contributed by atoms with Crippen molar-refractivity contribution in [3.63, 3.8) is 0 Å². The van der Waals surface area contributed by atoms with Crippen molar-refractivity contribution in [2.75, 3.05) is 25.6 Å². The van der Waals surface area contributed by atoms with Crippen molar-refractivity contribution in [3.8, 4) is 16.9 Å². The first-order valence-electron chi connectivity index (χ1n) is 10.9. The molecule has 0 saturated carbocycles. The van der Waals surface area contributed by atoms with Crippen molar-refractivity contribution in [2.24, 2.45) is 0 Å². The number of rotatable bonds is 4. The number of nitrogens with zero attached hydrogens (tertiary/aromatic N) is 4. The molecular weight excluding hydrogens is 473 g/mol. The fourth-order valence-electron chi connectivity index (χ4n) is 4.41. The molecular formula is C25H23Cl2N5O2. The van der Waals surface area contributed by atoms with Gasteiger partial charge in [0.25, 0.3) is 5.91 Å². The summed E-state index contributed by atoms with van der Waals surface area (Å²) >= 11 is 12.8. The van der Waals surface area contributed by atoms with Gasteiger partial charge in [-0.1, -0.05) is 53.5 Å². The summed E-state index contributed by atoms with van der Waals surface area (Å²) in [5, 5.41) is 8.77. The summed E-state index contributed by atoms with van der Waals surface area (Å²) in [6.45, 7) is 2.43. The Morgan fingerprint density at radius 1 is 1.18 bits per heavy atom. The molecule has 0 spiro atoms. The van der Waals surface area contributed by atoms with Gasteiger partial charge in [0, 0.05) is 37.8 Å². The zero-order chi connectivity index (χ0) is 24.0. The molecule has 1 amide bonds. The van der Waals surface area contributed by atoms with Gasteiger partial charge in [0.2, 0.25) is 0 Å². The summed E-state index contributed by atoms with van der Waals surface area (Å²) in [6, 6.07) is 13.1. The van der Waals surface area contributed by atoms with E-state index in [4.69, 9.17) is 33.0 Å². The lowest BCUT2D eigenvalue weighted by molar-refractivity contribution is 0.0924. The first kappa shape index (κ1) is 22.5. The van der Waals surface area contributed by atoms with Crippen LogP contribution in [0.15, 0.2) is 48.7 Å². The molecule has 9 heteroatoms. The molecule has 2 aromatic carbocycles. The van der Waals surface area contributed by atoms with Crippen LogP contribution in [0.25, 0.3) is 16.8 Å². The number of anilines is 1. The number of ether oxygens (including phenoxy) is 1. The van der Waals surface area contributed by atoms with E-state index >= 15 is 0 Å². The molecule has 7 nitrogen and oxygen atoms in total. The third-order valence-electron chi connectivity index (χ3n) is 5.95. The Morgan fingerprint density at radius 3 is 2.76 bits per heavy atom. The highest BCUT2D eigenvalue weighted by atomic mass is 35.5. The molecule has 4 aromatic rings. The van der Waals surface area contributed by atoms with Gasteiger partial charge in [0.05, 0.1) is 34.0 Å². The molecule has 1 N–H and O–H groups in total. The zero-order valence-electron chi connectivity index (χ0n) is 19.0. The number of aromatic nitrogens is 3. The fraction of sp³-hybridized carbons (Fsp3) is 0.240. The number of fused-ring (bicyclic) bond motifs is 2. The van der Waals surface area contributed by atoms with Gasteiger partial charge in [0.1, 0.15) is 17.1 Å². The number of para-hydroxylation sites is 1. The summed E-state index contributed by atoms with van der Waals surface area (Å²) in [6.07, 6.45) is 2.28. The Balaban J connectivity index is 1.59. The van der Waals surface area contributed by atoms with E-state index in [9.17, 15) is 4.79 Å². The molecule has 0 fully saturated rings. The summed E-state index contributed by atoms with van der Waals surface area (Å²) < 4.78 is 7.42. The molecule has 1 atom stereocenters. The van der Waals surface area contributed by atoms with Crippen molar-refractivity contribution in [3.05, 3.63) is 75.5 Å². The normalized spacial score (nSPS) is 15.0. The van der Waals surface area contributed by atoms with Crippen molar-refractivity contribution in [2.45, 2.75) is 19.4 Å². The number of aryl methyl sites for hydroxylation is 1. The molecule has 0 saturated heterocycles. The summed E-state index contributed by atoms with van der Waals surface area (Å²) in [5.74, 6) is 1.19. The Labute approximate surface area is 207 Å². The Kier molecular flexibility index (Phi) is 5.83. The predicted octanol–water partition coefficient (Wildman–Crippen LogP) is 5.33. The van der Waals surface area contributed by atoms with E-state index in [1.54, 1.807) is 16.8 Å². The lowest BCUT2D eigenvalue weighted by Gasteiger charge is -2.27. The lowest BCUT2D eigenvalue weighted by atomic mass is 10.0. The van der Waals surface area contributed by atoms with Crippen LogP contribution in [0.4, 0.5) is 5.82 Å². The van der Waals surface area contributed by atoms with Crippen molar-refractivity contribution in [1.29, 1.82) is 0 Å². The van der Waals surface area contributed by atoms with Gasteiger partial charge >= 0.3 is 0 Å². The largest absolute Gasteiger partial charge is 0.493 e. The average Bonchev–Trinajstić information content (AvgIpc) is 3.15. The zero-order valence-corrected chi connectivity index (χ0v) is 20.5. The average molecular weight is 496 g/mol. The van der Waals surface area contributed by atoms with Gasteiger partial charge in [-0.25, -0.2) is 4.98 Å². The van der Waals surface area contributed by atoms with Crippen LogP contribution in [0.1, 0.15) is 34.1 Å². The van der Waals surface area contributed by atoms with Crippen LogP contribution >= 0.6 is 23.2 Å². The van der Waals surface area contributed by atoms with Crippen LogP contribution in [0.5, 0.6) is 5.75 Å². The number of carbonyl (C=O) groups excluding carboxylic acids is 1. The molecule has 34 heavy (non-hydrogen) atoms. The lowest BCUT2D eigenvalue weighted by Crippen LogP contribution is -2.33. The van der Waals surface area contributed by atoms with Crippen LogP contribution in [0.3, 0.4) is 0 Å². The third kappa shape index (κ3) is 3.75. The highest BCUT2D eigenvalue weighted by Gasteiger charge is 2.27. The van der Waals surface area contributed by atoms with E-state index < -0.39 is 0 Å².